The molecule has 1 aromatic carbocycles. The number of nitrogens with zero attached hydrogens (tertiary/aromatic N) is 2. The summed E-state index contributed by atoms with van der Waals surface area (Å²) in [5.41, 5.74) is 1.71. The summed E-state index contributed by atoms with van der Waals surface area (Å²) in [6.45, 7) is 4.79. The number of nitrogens with one attached hydrogen (secondary N) is 1. The second-order valence-corrected chi connectivity index (χ2v) is 5.18. The molecule has 1 fully saturated rings. The molecule has 6 nitrogen and oxygen atoms in total. The molecule has 0 aliphatic carbocycles. The van der Waals surface area contributed by atoms with E-state index in [2.05, 4.69) is 15.2 Å². The highest BCUT2D eigenvalue weighted by Crippen LogP contribution is 2.19. The summed E-state index contributed by atoms with van der Waals surface area (Å²) >= 11 is 5.69. The van der Waals surface area contributed by atoms with Gasteiger partial charge in [0.25, 0.3) is 11.3 Å². The van der Waals surface area contributed by atoms with Crippen molar-refractivity contribution in [2.75, 3.05) is 39.4 Å². The van der Waals surface area contributed by atoms with E-state index in [1.165, 1.54) is 0 Å². The van der Waals surface area contributed by atoms with Gasteiger partial charge < -0.3 is 14.5 Å². The van der Waals surface area contributed by atoms with E-state index >= 15 is 0 Å². The number of aromatic nitrogens is 1. The molecule has 1 N–H and O–H groups in total. The third-order valence-corrected chi connectivity index (χ3v) is 3.60. The lowest BCUT2D eigenvalue weighted by atomic mass is 10.2. The number of fused-ring (bicyclic) bond motifs is 1. The largest absolute Gasteiger partial charge is 0.428 e. The average Bonchev–Trinajstić information content (AvgIpc) is 2.87. The SMILES string of the molecule is O=C(NCCN1CCOCC1)c1ccc2oc(Cl)nc2c1. The summed E-state index contributed by atoms with van der Waals surface area (Å²) in [5.74, 6) is -0.121. The van der Waals surface area contributed by atoms with Crippen molar-refractivity contribution in [3.8, 4) is 0 Å². The number of ether oxygens (including phenoxy) is 1. The Hall–Kier alpha value is -1.63. The number of hydrogen-bond acceptors (Lipinski definition) is 5. The molecule has 1 aromatic heterocycles. The summed E-state index contributed by atoms with van der Waals surface area (Å²) in [4.78, 5) is 18.4. The molecule has 0 saturated carbocycles. The van der Waals surface area contributed by atoms with Crippen molar-refractivity contribution in [2.24, 2.45) is 0 Å². The normalized spacial score (nSPS) is 16.2. The van der Waals surface area contributed by atoms with Crippen LogP contribution in [0.4, 0.5) is 0 Å². The minimum absolute atomic E-state index is 0.0786. The Bertz CT molecular complexity index is 637. The first-order chi connectivity index (χ1) is 10.2. The van der Waals surface area contributed by atoms with Gasteiger partial charge in [0, 0.05) is 31.7 Å². The first kappa shape index (κ1) is 14.3. The molecular formula is C14H16ClN3O3. The summed E-state index contributed by atoms with van der Waals surface area (Å²) in [6.07, 6.45) is 0. The first-order valence-corrected chi connectivity index (χ1v) is 7.24. The minimum atomic E-state index is -0.121. The molecule has 21 heavy (non-hydrogen) atoms. The Kier molecular flexibility index (Phi) is 4.38. The molecule has 0 bridgehead atoms. The van der Waals surface area contributed by atoms with Gasteiger partial charge in [-0.2, -0.15) is 4.98 Å². The third-order valence-electron chi connectivity index (χ3n) is 3.44. The van der Waals surface area contributed by atoms with Gasteiger partial charge in [-0.25, -0.2) is 0 Å². The van der Waals surface area contributed by atoms with E-state index in [9.17, 15) is 4.79 Å². The van der Waals surface area contributed by atoms with Crippen molar-refractivity contribution >= 4 is 28.6 Å². The van der Waals surface area contributed by atoms with Gasteiger partial charge in [0.15, 0.2) is 5.58 Å². The highest BCUT2D eigenvalue weighted by atomic mass is 35.5. The van der Waals surface area contributed by atoms with Gasteiger partial charge in [0.1, 0.15) is 5.52 Å². The van der Waals surface area contributed by atoms with Crippen LogP contribution in [0.15, 0.2) is 22.6 Å². The zero-order valence-electron chi connectivity index (χ0n) is 11.5. The maximum atomic E-state index is 12.1. The van der Waals surface area contributed by atoms with E-state index in [1.54, 1.807) is 18.2 Å². The molecule has 0 radical (unpaired) electrons. The van der Waals surface area contributed by atoms with Gasteiger partial charge in [-0.15, -0.1) is 0 Å². The van der Waals surface area contributed by atoms with Crippen LogP contribution in [0.25, 0.3) is 11.1 Å². The fraction of sp³-hybridized carbons (Fsp3) is 0.429. The highest BCUT2D eigenvalue weighted by molar-refractivity contribution is 6.28. The molecule has 2 aromatic rings. The summed E-state index contributed by atoms with van der Waals surface area (Å²) in [7, 11) is 0. The zero-order valence-corrected chi connectivity index (χ0v) is 12.2. The quantitative estimate of drug-likeness (QED) is 0.928. The Balaban J connectivity index is 1.55. The number of benzene rings is 1. The maximum absolute atomic E-state index is 12.1. The van der Waals surface area contributed by atoms with Crippen molar-refractivity contribution in [1.82, 2.24) is 15.2 Å². The molecule has 1 aliphatic rings. The van der Waals surface area contributed by atoms with Crippen molar-refractivity contribution in [1.29, 1.82) is 0 Å². The minimum Gasteiger partial charge on any atom is -0.428 e. The fourth-order valence-corrected chi connectivity index (χ4v) is 2.47. The van der Waals surface area contributed by atoms with Crippen molar-refractivity contribution in [2.45, 2.75) is 0 Å². The van der Waals surface area contributed by atoms with E-state index in [1.807, 2.05) is 0 Å². The summed E-state index contributed by atoms with van der Waals surface area (Å²) in [6, 6.07) is 5.08. The first-order valence-electron chi connectivity index (χ1n) is 6.87. The molecule has 112 valence electrons. The lowest BCUT2D eigenvalue weighted by Crippen LogP contribution is -2.41. The van der Waals surface area contributed by atoms with Crippen LogP contribution in [0.5, 0.6) is 0 Å². The third kappa shape index (κ3) is 3.53. The fourth-order valence-electron chi connectivity index (χ4n) is 2.29. The number of oxazole rings is 1. The topological polar surface area (TPSA) is 67.6 Å². The molecule has 0 spiro atoms. The smallest absolute Gasteiger partial charge is 0.293 e. The van der Waals surface area contributed by atoms with Crippen LogP contribution >= 0.6 is 11.6 Å². The molecule has 1 saturated heterocycles. The van der Waals surface area contributed by atoms with Crippen LogP contribution in [-0.4, -0.2) is 55.2 Å². The molecule has 2 heterocycles. The van der Waals surface area contributed by atoms with E-state index in [0.29, 0.717) is 23.2 Å². The van der Waals surface area contributed by atoms with Crippen LogP contribution in [0, 0.1) is 0 Å². The second kappa shape index (κ2) is 6.43. The molecule has 1 amide bonds. The van der Waals surface area contributed by atoms with Gasteiger partial charge in [0.2, 0.25) is 0 Å². The number of rotatable bonds is 4. The Labute approximate surface area is 127 Å². The molecule has 1 aliphatic heterocycles. The van der Waals surface area contributed by atoms with E-state index in [0.717, 1.165) is 32.8 Å². The van der Waals surface area contributed by atoms with Gasteiger partial charge in [-0.05, 0) is 29.8 Å². The van der Waals surface area contributed by atoms with Crippen molar-refractivity contribution in [3.63, 3.8) is 0 Å². The lowest BCUT2D eigenvalue weighted by molar-refractivity contribution is 0.0383. The Morgan fingerprint density at radius 3 is 3.00 bits per heavy atom. The number of morpholine rings is 1. The predicted molar refractivity (Wildman–Crippen MR) is 78.6 cm³/mol. The number of halogens is 1. The molecule has 7 heteroatoms. The summed E-state index contributed by atoms with van der Waals surface area (Å²) in [5, 5.41) is 2.98. The van der Waals surface area contributed by atoms with Crippen molar-refractivity contribution < 1.29 is 13.9 Å². The van der Waals surface area contributed by atoms with Crippen LogP contribution in [-0.2, 0) is 4.74 Å². The van der Waals surface area contributed by atoms with E-state index < -0.39 is 0 Å². The average molecular weight is 310 g/mol. The Morgan fingerprint density at radius 1 is 1.38 bits per heavy atom. The standard InChI is InChI=1S/C14H16ClN3O3/c15-14-17-11-9-10(1-2-12(11)21-14)13(19)16-3-4-18-5-7-20-8-6-18/h1-2,9H,3-8H2,(H,16,19). The monoisotopic (exact) mass is 309 g/mol. The van der Waals surface area contributed by atoms with Gasteiger partial charge in [-0.1, -0.05) is 0 Å². The van der Waals surface area contributed by atoms with Crippen LogP contribution < -0.4 is 5.32 Å². The summed E-state index contributed by atoms with van der Waals surface area (Å²) < 4.78 is 10.5. The van der Waals surface area contributed by atoms with E-state index in [4.69, 9.17) is 20.8 Å². The zero-order chi connectivity index (χ0) is 14.7. The predicted octanol–water partition coefficient (Wildman–Crippen LogP) is 1.54. The van der Waals surface area contributed by atoms with E-state index in [-0.39, 0.29) is 11.3 Å². The number of carbonyl (C=O) groups excluding carboxylic acids is 1. The number of carbonyl (C=O) groups is 1. The maximum Gasteiger partial charge on any atom is 0.293 e. The molecule has 3 rings (SSSR count). The van der Waals surface area contributed by atoms with Crippen molar-refractivity contribution in [3.05, 3.63) is 29.1 Å². The molecule has 0 unspecified atom stereocenters. The second-order valence-electron chi connectivity index (χ2n) is 4.86. The number of hydrogen-bond donors (Lipinski definition) is 1. The molecule has 0 atom stereocenters. The Morgan fingerprint density at radius 2 is 2.19 bits per heavy atom. The lowest BCUT2D eigenvalue weighted by Gasteiger charge is -2.26. The highest BCUT2D eigenvalue weighted by Gasteiger charge is 2.12. The van der Waals surface area contributed by atoms with Gasteiger partial charge in [0.05, 0.1) is 13.2 Å². The number of amides is 1. The molecular weight excluding hydrogens is 294 g/mol. The van der Waals surface area contributed by atoms with Gasteiger partial charge >= 0.3 is 0 Å². The van der Waals surface area contributed by atoms with Crippen LogP contribution in [0.1, 0.15) is 10.4 Å². The van der Waals surface area contributed by atoms with Crippen LogP contribution in [0.2, 0.25) is 5.35 Å². The van der Waals surface area contributed by atoms with Gasteiger partial charge in [-0.3, -0.25) is 9.69 Å². The van der Waals surface area contributed by atoms with Crippen LogP contribution in [0.3, 0.4) is 0 Å².